The number of hydrogen-bond acceptors (Lipinski definition) is 3. The molecule has 1 rings (SSSR count). The van der Waals surface area contributed by atoms with Crippen LogP contribution in [0.15, 0.2) is 28.7 Å². The third-order valence-corrected chi connectivity index (χ3v) is 3.44. The van der Waals surface area contributed by atoms with Crippen molar-refractivity contribution >= 4 is 33.7 Å². The lowest BCUT2D eigenvalue weighted by molar-refractivity contribution is -0.142. The van der Waals surface area contributed by atoms with E-state index in [0.29, 0.717) is 12.1 Å². The lowest BCUT2D eigenvalue weighted by Gasteiger charge is -2.15. The molecule has 0 aliphatic rings. The fourth-order valence-corrected chi connectivity index (χ4v) is 2.02. The zero-order chi connectivity index (χ0) is 16.5. The van der Waals surface area contributed by atoms with Gasteiger partial charge in [-0.15, -0.1) is 0 Å². The molecule has 0 heterocycles. The van der Waals surface area contributed by atoms with Gasteiger partial charge in [0.1, 0.15) is 0 Å². The molecule has 7 heteroatoms. The summed E-state index contributed by atoms with van der Waals surface area (Å²) in [6.07, 6.45) is 0.816. The van der Waals surface area contributed by atoms with Crippen molar-refractivity contribution in [3.63, 3.8) is 0 Å². The number of hydrogen-bond donors (Lipinski definition) is 3. The molecule has 0 fully saturated rings. The molecule has 3 N–H and O–H groups in total. The predicted molar refractivity (Wildman–Crippen MR) is 85.2 cm³/mol. The van der Waals surface area contributed by atoms with Gasteiger partial charge in [-0.3, -0.25) is 9.59 Å². The van der Waals surface area contributed by atoms with Crippen molar-refractivity contribution in [3.05, 3.63) is 34.3 Å². The van der Waals surface area contributed by atoms with Gasteiger partial charge in [-0.2, -0.15) is 0 Å². The van der Waals surface area contributed by atoms with E-state index in [2.05, 4.69) is 26.6 Å². The van der Waals surface area contributed by atoms with Crippen LogP contribution in [0, 0.1) is 0 Å². The van der Waals surface area contributed by atoms with Crippen LogP contribution in [0.2, 0.25) is 0 Å². The molecule has 1 atom stereocenters. The first-order valence-electron chi connectivity index (χ1n) is 6.98. The van der Waals surface area contributed by atoms with E-state index in [9.17, 15) is 19.5 Å². The summed E-state index contributed by atoms with van der Waals surface area (Å²) in [6, 6.07) is 5.53. The van der Waals surface area contributed by atoms with E-state index < -0.39 is 17.9 Å². The Morgan fingerprint density at radius 1 is 1.14 bits per heavy atom. The highest BCUT2D eigenvalue weighted by molar-refractivity contribution is 9.10. The third-order valence-electron chi connectivity index (χ3n) is 2.91. The predicted octanol–water partition coefficient (Wildman–Crippen LogP) is 2.00. The van der Waals surface area contributed by atoms with Gasteiger partial charge in [0.05, 0.1) is 0 Å². The van der Waals surface area contributed by atoms with Gasteiger partial charge < -0.3 is 15.7 Å². The van der Waals surface area contributed by atoms with Gasteiger partial charge >= 0.3 is 5.97 Å². The summed E-state index contributed by atoms with van der Waals surface area (Å²) < 4.78 is 0.819. The fourth-order valence-electron chi connectivity index (χ4n) is 1.76. The molecule has 1 aromatic rings. The van der Waals surface area contributed by atoms with E-state index in [-0.39, 0.29) is 18.7 Å². The number of carbonyl (C=O) groups is 3. The van der Waals surface area contributed by atoms with Gasteiger partial charge in [-0.25, -0.2) is 4.79 Å². The molecule has 22 heavy (non-hydrogen) atoms. The van der Waals surface area contributed by atoms with E-state index in [4.69, 9.17) is 0 Å². The molecule has 0 bridgehead atoms. The summed E-state index contributed by atoms with van der Waals surface area (Å²) in [5.74, 6) is -1.83. The van der Waals surface area contributed by atoms with Crippen LogP contribution in [0.3, 0.4) is 0 Å². The Balaban J connectivity index is 2.56. The minimum Gasteiger partial charge on any atom is -0.479 e. The normalized spacial score (nSPS) is 11.5. The molecular weight excluding hydrogens is 352 g/mol. The molecule has 0 spiro atoms. The second kappa shape index (κ2) is 9.19. The Kier molecular flexibility index (Phi) is 7.59. The lowest BCUT2D eigenvalue weighted by atomic mass is 10.1. The molecule has 0 aliphatic heterocycles. The molecule has 0 aromatic heterocycles. The number of rotatable bonds is 8. The van der Waals surface area contributed by atoms with Gasteiger partial charge in [0.25, 0.3) is 0 Å². The van der Waals surface area contributed by atoms with Crippen molar-refractivity contribution in [3.8, 4) is 0 Å². The molecule has 0 radical (unpaired) electrons. The summed E-state index contributed by atoms with van der Waals surface area (Å²) in [7, 11) is 0. The summed E-state index contributed by atoms with van der Waals surface area (Å²) in [6.45, 7) is 2.50. The fraction of sp³-hybridized carbons (Fsp3) is 0.400. The van der Waals surface area contributed by atoms with Gasteiger partial charge in [-0.1, -0.05) is 35.0 Å². The van der Waals surface area contributed by atoms with Crippen LogP contribution in [-0.2, 0) is 14.4 Å². The maximum atomic E-state index is 11.8. The SMILES string of the molecule is CCCNC(=O)CCC(=O)NC(C(=O)O)c1ccc(Br)cc1. The minimum atomic E-state index is -1.15. The van der Waals surface area contributed by atoms with Gasteiger partial charge in [0.2, 0.25) is 11.8 Å². The Hall–Kier alpha value is -1.89. The standard InChI is InChI=1S/C15H19BrN2O4/c1-2-9-17-12(19)7-8-13(20)18-14(15(21)22)10-3-5-11(16)6-4-10/h3-6,14H,2,7-9H2,1H3,(H,17,19)(H,18,20)(H,21,22). The Labute approximate surface area is 137 Å². The molecule has 2 amide bonds. The number of carboxylic acid groups (broad SMARTS) is 1. The highest BCUT2D eigenvalue weighted by Gasteiger charge is 2.22. The van der Waals surface area contributed by atoms with Crippen LogP contribution in [0.4, 0.5) is 0 Å². The summed E-state index contributed by atoms with van der Waals surface area (Å²) in [5.41, 5.74) is 0.472. The number of nitrogens with one attached hydrogen (secondary N) is 2. The lowest BCUT2D eigenvalue weighted by Crippen LogP contribution is -2.34. The number of halogens is 1. The van der Waals surface area contributed by atoms with E-state index in [0.717, 1.165) is 10.9 Å². The molecule has 120 valence electrons. The molecular formula is C15H19BrN2O4. The number of benzene rings is 1. The Morgan fingerprint density at radius 3 is 2.27 bits per heavy atom. The average Bonchev–Trinajstić information content (AvgIpc) is 2.49. The van der Waals surface area contributed by atoms with Crippen LogP contribution in [0.5, 0.6) is 0 Å². The van der Waals surface area contributed by atoms with Gasteiger partial charge in [0, 0.05) is 23.9 Å². The summed E-state index contributed by atoms with van der Waals surface area (Å²) >= 11 is 3.26. The smallest absolute Gasteiger partial charge is 0.330 e. The van der Waals surface area contributed by atoms with Crippen molar-refractivity contribution < 1.29 is 19.5 Å². The van der Waals surface area contributed by atoms with Crippen molar-refractivity contribution in [2.45, 2.75) is 32.2 Å². The highest BCUT2D eigenvalue weighted by Crippen LogP contribution is 2.17. The largest absolute Gasteiger partial charge is 0.479 e. The van der Waals surface area contributed by atoms with E-state index >= 15 is 0 Å². The summed E-state index contributed by atoms with van der Waals surface area (Å²) in [4.78, 5) is 34.5. The quantitative estimate of drug-likeness (QED) is 0.651. The van der Waals surface area contributed by atoms with Crippen LogP contribution in [0.25, 0.3) is 0 Å². The van der Waals surface area contributed by atoms with Crippen molar-refractivity contribution in [1.29, 1.82) is 0 Å². The number of amides is 2. The van der Waals surface area contributed by atoms with E-state index in [1.165, 1.54) is 0 Å². The first-order chi connectivity index (χ1) is 10.4. The molecule has 0 aliphatic carbocycles. The van der Waals surface area contributed by atoms with Crippen LogP contribution < -0.4 is 10.6 Å². The first-order valence-corrected chi connectivity index (χ1v) is 7.77. The second-order valence-electron chi connectivity index (χ2n) is 4.74. The monoisotopic (exact) mass is 370 g/mol. The van der Waals surface area contributed by atoms with Crippen LogP contribution >= 0.6 is 15.9 Å². The zero-order valence-corrected chi connectivity index (χ0v) is 13.9. The molecule has 1 unspecified atom stereocenters. The minimum absolute atomic E-state index is 0.0402. The van der Waals surface area contributed by atoms with Crippen LogP contribution in [0.1, 0.15) is 37.8 Å². The average molecular weight is 371 g/mol. The van der Waals surface area contributed by atoms with Crippen molar-refractivity contribution in [1.82, 2.24) is 10.6 Å². The van der Waals surface area contributed by atoms with Crippen LogP contribution in [-0.4, -0.2) is 29.4 Å². The zero-order valence-electron chi connectivity index (χ0n) is 12.3. The highest BCUT2D eigenvalue weighted by atomic mass is 79.9. The number of carboxylic acids is 1. The Morgan fingerprint density at radius 2 is 1.73 bits per heavy atom. The van der Waals surface area contributed by atoms with Gasteiger partial charge in [-0.05, 0) is 24.1 Å². The second-order valence-corrected chi connectivity index (χ2v) is 5.66. The first kappa shape index (κ1) is 18.2. The molecule has 1 aromatic carbocycles. The third kappa shape index (κ3) is 6.26. The van der Waals surface area contributed by atoms with E-state index in [1.54, 1.807) is 24.3 Å². The van der Waals surface area contributed by atoms with Gasteiger partial charge in [0.15, 0.2) is 6.04 Å². The molecule has 0 saturated heterocycles. The topological polar surface area (TPSA) is 95.5 Å². The van der Waals surface area contributed by atoms with E-state index in [1.807, 2.05) is 6.92 Å². The summed E-state index contributed by atoms with van der Waals surface area (Å²) in [5, 5.41) is 14.3. The maximum Gasteiger partial charge on any atom is 0.330 e. The van der Waals surface area contributed by atoms with Crippen molar-refractivity contribution in [2.75, 3.05) is 6.54 Å². The number of aliphatic carboxylic acids is 1. The molecule has 0 saturated carbocycles. The molecule has 6 nitrogen and oxygen atoms in total. The maximum absolute atomic E-state index is 11.8. The number of carbonyl (C=O) groups excluding carboxylic acids is 2. The Bertz CT molecular complexity index is 531. The van der Waals surface area contributed by atoms with Crippen molar-refractivity contribution in [2.24, 2.45) is 0 Å².